The van der Waals surface area contributed by atoms with E-state index in [0.29, 0.717) is 24.5 Å². The molecule has 0 aliphatic heterocycles. The monoisotopic (exact) mass is 351 g/mol. The van der Waals surface area contributed by atoms with Crippen LogP contribution in [-0.2, 0) is 21.4 Å². The summed E-state index contributed by atoms with van der Waals surface area (Å²) in [6.45, 7) is 4.26. The van der Waals surface area contributed by atoms with Gasteiger partial charge in [-0.2, -0.15) is 0 Å². The fraction of sp³-hybridized carbons (Fsp3) is 0.611. The summed E-state index contributed by atoms with van der Waals surface area (Å²) < 4.78 is 33.2. The van der Waals surface area contributed by atoms with Crippen molar-refractivity contribution in [2.75, 3.05) is 12.9 Å². The Bertz CT molecular complexity index is 756. The second kappa shape index (κ2) is 5.85. The van der Waals surface area contributed by atoms with Crippen LogP contribution in [0.15, 0.2) is 24.3 Å². The van der Waals surface area contributed by atoms with E-state index in [2.05, 4.69) is 4.72 Å². The maximum Gasteiger partial charge on any atom is 0.212 e. The highest BCUT2D eigenvalue weighted by Gasteiger charge is 2.65. The Labute approximate surface area is 143 Å². The van der Waals surface area contributed by atoms with Gasteiger partial charge < -0.3 is 4.74 Å². The molecule has 1 aromatic rings. The molecule has 2 saturated carbocycles. The first-order valence-corrected chi connectivity index (χ1v) is 10.00. The molecule has 0 heterocycles. The maximum absolute atomic E-state index is 12.7. The zero-order valence-electron chi connectivity index (χ0n) is 14.5. The second-order valence-electron chi connectivity index (χ2n) is 7.56. The summed E-state index contributed by atoms with van der Waals surface area (Å²) in [5.41, 5.74) is -0.199. The van der Waals surface area contributed by atoms with E-state index in [1.807, 2.05) is 32.0 Å². The Morgan fingerprint density at radius 1 is 1.29 bits per heavy atom. The van der Waals surface area contributed by atoms with Gasteiger partial charge >= 0.3 is 0 Å². The molecule has 2 fully saturated rings. The smallest absolute Gasteiger partial charge is 0.212 e. The van der Waals surface area contributed by atoms with Crippen molar-refractivity contribution >= 4 is 15.8 Å². The van der Waals surface area contributed by atoms with Crippen LogP contribution in [0.2, 0.25) is 0 Å². The second-order valence-corrected chi connectivity index (χ2v) is 9.37. The molecule has 0 radical (unpaired) electrons. The number of fused-ring (bicyclic) bond motifs is 2. The van der Waals surface area contributed by atoms with Crippen molar-refractivity contribution in [3.8, 4) is 5.75 Å². The molecule has 1 N–H and O–H groups in total. The summed E-state index contributed by atoms with van der Waals surface area (Å²) in [6, 6.07) is 7.31. The van der Waals surface area contributed by atoms with Gasteiger partial charge in [0, 0.05) is 23.9 Å². The molecule has 2 aliphatic carbocycles. The summed E-state index contributed by atoms with van der Waals surface area (Å²) in [5.74, 6) is 0.967. The molecule has 0 amide bonds. The number of rotatable bonds is 6. The van der Waals surface area contributed by atoms with Crippen LogP contribution in [0.25, 0.3) is 0 Å². The highest BCUT2D eigenvalue weighted by Crippen LogP contribution is 2.64. The Balaban J connectivity index is 1.76. The minimum absolute atomic E-state index is 0.114. The molecule has 6 heteroatoms. The van der Waals surface area contributed by atoms with E-state index in [4.69, 9.17) is 4.74 Å². The number of para-hydroxylation sites is 1. The minimum Gasteiger partial charge on any atom is -0.496 e. The first-order chi connectivity index (χ1) is 11.2. The van der Waals surface area contributed by atoms with Crippen LogP contribution < -0.4 is 9.46 Å². The number of Topliss-reactive ketones (excluding diaryl/α,β-unsaturated/α-hetero) is 1. The lowest BCUT2D eigenvalue weighted by atomic mass is 9.70. The normalized spacial score (nSPS) is 28.3. The van der Waals surface area contributed by atoms with E-state index in [1.54, 1.807) is 13.2 Å². The topological polar surface area (TPSA) is 72.5 Å². The van der Waals surface area contributed by atoms with Gasteiger partial charge in [-0.15, -0.1) is 0 Å². The largest absolute Gasteiger partial charge is 0.496 e. The molecule has 5 nitrogen and oxygen atoms in total. The predicted octanol–water partition coefficient (Wildman–Crippen LogP) is 2.51. The number of ketones is 1. The van der Waals surface area contributed by atoms with Gasteiger partial charge in [-0.1, -0.05) is 32.0 Å². The third-order valence-electron chi connectivity index (χ3n) is 6.25. The lowest BCUT2D eigenvalue weighted by molar-refractivity contribution is -0.128. The van der Waals surface area contributed by atoms with Crippen LogP contribution in [0.3, 0.4) is 0 Å². The maximum atomic E-state index is 12.7. The van der Waals surface area contributed by atoms with Crippen LogP contribution >= 0.6 is 0 Å². The van der Waals surface area contributed by atoms with Crippen molar-refractivity contribution < 1.29 is 17.9 Å². The van der Waals surface area contributed by atoms with Crippen molar-refractivity contribution in [3.63, 3.8) is 0 Å². The third kappa shape index (κ3) is 2.65. The zero-order valence-corrected chi connectivity index (χ0v) is 15.3. The summed E-state index contributed by atoms with van der Waals surface area (Å²) in [7, 11) is -2.00. The molecule has 132 valence electrons. The van der Waals surface area contributed by atoms with Gasteiger partial charge in [-0.3, -0.25) is 4.79 Å². The first-order valence-electron chi connectivity index (χ1n) is 8.34. The van der Waals surface area contributed by atoms with Gasteiger partial charge in [0.2, 0.25) is 10.0 Å². The Hall–Kier alpha value is -1.40. The number of ether oxygens (including phenoxy) is 1. The van der Waals surface area contributed by atoms with Gasteiger partial charge in [0.1, 0.15) is 11.5 Å². The summed E-state index contributed by atoms with van der Waals surface area (Å²) in [5, 5.41) is 0. The number of benzene rings is 1. The number of hydrogen-bond acceptors (Lipinski definition) is 4. The van der Waals surface area contributed by atoms with E-state index >= 15 is 0 Å². The molecule has 24 heavy (non-hydrogen) atoms. The molecular formula is C18H25NO4S. The molecule has 0 aromatic heterocycles. The van der Waals surface area contributed by atoms with Crippen molar-refractivity contribution in [2.45, 2.75) is 39.7 Å². The number of methoxy groups -OCH3 is 1. The van der Waals surface area contributed by atoms with E-state index in [0.717, 1.165) is 12.0 Å². The van der Waals surface area contributed by atoms with Gasteiger partial charge in [-0.25, -0.2) is 13.1 Å². The third-order valence-corrected chi connectivity index (χ3v) is 7.71. The molecule has 2 unspecified atom stereocenters. The van der Waals surface area contributed by atoms with Crippen molar-refractivity contribution in [3.05, 3.63) is 29.8 Å². The van der Waals surface area contributed by atoms with Crippen LogP contribution in [0, 0.1) is 16.7 Å². The number of sulfonamides is 1. The van der Waals surface area contributed by atoms with Gasteiger partial charge in [0.25, 0.3) is 0 Å². The number of hydrogen-bond donors (Lipinski definition) is 1. The molecule has 3 rings (SSSR count). The van der Waals surface area contributed by atoms with Crippen LogP contribution in [-0.4, -0.2) is 27.1 Å². The summed E-state index contributed by atoms with van der Waals surface area (Å²) >= 11 is 0. The average Bonchev–Trinajstić information content (AvgIpc) is 2.87. The van der Waals surface area contributed by atoms with Gasteiger partial charge in [0.05, 0.1) is 12.9 Å². The Kier molecular flexibility index (Phi) is 4.24. The lowest BCUT2D eigenvalue weighted by Gasteiger charge is -2.36. The van der Waals surface area contributed by atoms with Crippen molar-refractivity contribution in [1.29, 1.82) is 0 Å². The molecular weight excluding hydrogens is 326 g/mol. The van der Waals surface area contributed by atoms with Gasteiger partial charge in [-0.05, 0) is 30.2 Å². The summed E-state index contributed by atoms with van der Waals surface area (Å²) in [6.07, 6.45) is 2.15. The van der Waals surface area contributed by atoms with E-state index < -0.39 is 15.4 Å². The highest BCUT2D eigenvalue weighted by atomic mass is 32.2. The molecule has 2 bridgehead atoms. The van der Waals surface area contributed by atoms with Gasteiger partial charge in [0.15, 0.2) is 0 Å². The van der Waals surface area contributed by atoms with Crippen LogP contribution in [0.1, 0.15) is 38.7 Å². The quantitative estimate of drug-likeness (QED) is 0.855. The Morgan fingerprint density at radius 2 is 2.00 bits per heavy atom. The fourth-order valence-electron chi connectivity index (χ4n) is 4.52. The standard InChI is InChI=1S/C18H25NO4S/c1-17(2)14-8-9-18(17,16(20)10-14)12-24(21,22)19-11-13-6-4-5-7-15(13)23-3/h4-7,14,19H,8-12H2,1-3H3. The molecule has 1 aromatic carbocycles. The lowest BCUT2D eigenvalue weighted by Crippen LogP contribution is -2.45. The highest BCUT2D eigenvalue weighted by molar-refractivity contribution is 7.89. The van der Waals surface area contributed by atoms with Crippen LogP contribution in [0.5, 0.6) is 5.75 Å². The minimum atomic E-state index is -3.56. The van der Waals surface area contributed by atoms with Crippen molar-refractivity contribution in [2.24, 2.45) is 16.7 Å². The zero-order chi connectivity index (χ0) is 17.6. The van der Waals surface area contributed by atoms with E-state index in [1.165, 1.54) is 0 Å². The van der Waals surface area contributed by atoms with Crippen molar-refractivity contribution in [1.82, 2.24) is 4.72 Å². The number of nitrogens with one attached hydrogen (secondary N) is 1. The van der Waals surface area contributed by atoms with E-state index in [9.17, 15) is 13.2 Å². The average molecular weight is 351 g/mol. The SMILES string of the molecule is COc1ccccc1CNS(=O)(=O)CC12CCC(CC1=O)C2(C)C. The molecule has 2 atom stereocenters. The predicted molar refractivity (Wildman–Crippen MR) is 92.2 cm³/mol. The summed E-state index contributed by atoms with van der Waals surface area (Å²) in [4.78, 5) is 12.5. The van der Waals surface area contributed by atoms with E-state index in [-0.39, 0.29) is 23.5 Å². The fourth-order valence-corrected chi connectivity index (χ4v) is 6.32. The number of carbonyl (C=O) groups excluding carboxylic acids is 1. The number of carbonyl (C=O) groups is 1. The molecule has 0 spiro atoms. The Morgan fingerprint density at radius 3 is 2.58 bits per heavy atom. The molecule has 2 aliphatic rings. The molecule has 0 saturated heterocycles. The van der Waals surface area contributed by atoms with Crippen LogP contribution in [0.4, 0.5) is 0 Å². The first kappa shape index (κ1) is 17.4.